The largest absolute Gasteiger partial charge is 0.398 e. The summed E-state index contributed by atoms with van der Waals surface area (Å²) in [6, 6.07) is 10.2. The number of pyridine rings is 1. The van der Waals surface area contributed by atoms with E-state index < -0.39 is 0 Å². The van der Waals surface area contributed by atoms with Gasteiger partial charge in [0.2, 0.25) is 0 Å². The van der Waals surface area contributed by atoms with Gasteiger partial charge in [-0.3, -0.25) is 4.98 Å². The molecule has 0 saturated heterocycles. The summed E-state index contributed by atoms with van der Waals surface area (Å²) >= 11 is 1.76. The van der Waals surface area contributed by atoms with Crippen molar-refractivity contribution in [1.82, 2.24) is 4.98 Å². The van der Waals surface area contributed by atoms with Gasteiger partial charge in [0.15, 0.2) is 0 Å². The molecular formula is C13H14N2S. The molecule has 2 nitrogen and oxygen atoms in total. The molecule has 0 unspecified atom stereocenters. The highest BCUT2D eigenvalue weighted by atomic mass is 32.2. The van der Waals surface area contributed by atoms with E-state index in [1.165, 1.54) is 11.1 Å². The molecule has 3 heteroatoms. The molecule has 0 aliphatic rings. The van der Waals surface area contributed by atoms with E-state index in [1.807, 2.05) is 36.7 Å². The molecule has 0 radical (unpaired) electrons. The molecule has 0 amide bonds. The zero-order valence-electron chi connectivity index (χ0n) is 9.18. The number of aryl methyl sites for hydroxylation is 1. The molecule has 1 aromatic carbocycles. The molecule has 0 aliphatic heterocycles. The van der Waals surface area contributed by atoms with Crippen molar-refractivity contribution >= 4 is 17.4 Å². The van der Waals surface area contributed by atoms with Crippen LogP contribution in [0.15, 0.2) is 47.6 Å². The van der Waals surface area contributed by atoms with Gasteiger partial charge in [0.25, 0.3) is 0 Å². The minimum absolute atomic E-state index is 0.852. The van der Waals surface area contributed by atoms with Crippen LogP contribution in [0.1, 0.15) is 11.1 Å². The molecule has 0 bridgehead atoms. The summed E-state index contributed by atoms with van der Waals surface area (Å²) < 4.78 is 0. The number of hydrogen-bond donors (Lipinski definition) is 1. The van der Waals surface area contributed by atoms with Gasteiger partial charge >= 0.3 is 0 Å². The average molecular weight is 230 g/mol. The minimum Gasteiger partial charge on any atom is -0.398 e. The van der Waals surface area contributed by atoms with Gasteiger partial charge in [0.05, 0.1) is 0 Å². The van der Waals surface area contributed by atoms with Gasteiger partial charge < -0.3 is 5.73 Å². The summed E-state index contributed by atoms with van der Waals surface area (Å²) in [5.41, 5.74) is 9.28. The fourth-order valence-electron chi connectivity index (χ4n) is 1.41. The molecular weight excluding hydrogens is 216 g/mol. The third-order valence-corrected chi connectivity index (χ3v) is 3.45. The summed E-state index contributed by atoms with van der Waals surface area (Å²) in [7, 11) is 0. The first kappa shape index (κ1) is 11.0. The lowest BCUT2D eigenvalue weighted by atomic mass is 10.2. The summed E-state index contributed by atoms with van der Waals surface area (Å²) in [5, 5.41) is 0. The van der Waals surface area contributed by atoms with E-state index in [9.17, 15) is 0 Å². The van der Waals surface area contributed by atoms with Crippen molar-refractivity contribution in [3.63, 3.8) is 0 Å². The second-order valence-electron chi connectivity index (χ2n) is 3.69. The van der Waals surface area contributed by atoms with Crippen molar-refractivity contribution in [3.05, 3.63) is 53.9 Å². The van der Waals surface area contributed by atoms with Crippen LogP contribution in [-0.4, -0.2) is 4.98 Å². The number of nitrogen functional groups attached to an aromatic ring is 1. The van der Waals surface area contributed by atoms with Gasteiger partial charge in [0, 0.05) is 28.7 Å². The number of thioether (sulfide) groups is 1. The number of anilines is 1. The Bertz CT molecular complexity index is 469. The number of rotatable bonds is 3. The second kappa shape index (κ2) is 5.03. The quantitative estimate of drug-likeness (QED) is 0.649. The molecule has 2 aromatic rings. The standard InChI is InChI=1S/C13H14N2S/c1-10-2-3-12(14)13(8-10)16-9-11-4-6-15-7-5-11/h2-8H,9,14H2,1H3. The van der Waals surface area contributed by atoms with Gasteiger partial charge in [-0.1, -0.05) is 6.07 Å². The van der Waals surface area contributed by atoms with E-state index in [-0.39, 0.29) is 0 Å². The normalized spacial score (nSPS) is 10.3. The van der Waals surface area contributed by atoms with Crippen molar-refractivity contribution in [1.29, 1.82) is 0 Å². The third kappa shape index (κ3) is 2.76. The highest BCUT2D eigenvalue weighted by molar-refractivity contribution is 7.98. The molecule has 82 valence electrons. The molecule has 0 aliphatic carbocycles. The van der Waals surface area contributed by atoms with E-state index in [0.29, 0.717) is 0 Å². The summed E-state index contributed by atoms with van der Waals surface area (Å²) in [6.07, 6.45) is 3.63. The van der Waals surface area contributed by atoms with E-state index in [4.69, 9.17) is 5.73 Å². The van der Waals surface area contributed by atoms with Crippen molar-refractivity contribution in [2.75, 3.05) is 5.73 Å². The summed E-state index contributed by atoms with van der Waals surface area (Å²) in [4.78, 5) is 5.15. The Morgan fingerprint density at radius 3 is 2.69 bits per heavy atom. The van der Waals surface area contributed by atoms with Crippen molar-refractivity contribution < 1.29 is 0 Å². The second-order valence-corrected chi connectivity index (χ2v) is 4.70. The zero-order valence-corrected chi connectivity index (χ0v) is 10.00. The monoisotopic (exact) mass is 230 g/mol. The lowest BCUT2D eigenvalue weighted by Gasteiger charge is -2.06. The average Bonchev–Trinajstić information content (AvgIpc) is 2.32. The predicted molar refractivity (Wildman–Crippen MR) is 69.4 cm³/mol. The summed E-state index contributed by atoms with van der Waals surface area (Å²) in [6.45, 7) is 2.08. The van der Waals surface area contributed by atoms with Gasteiger partial charge in [-0.05, 0) is 42.3 Å². The highest BCUT2D eigenvalue weighted by Crippen LogP contribution is 2.28. The molecule has 16 heavy (non-hydrogen) atoms. The lowest BCUT2D eigenvalue weighted by Crippen LogP contribution is -1.89. The first-order valence-electron chi connectivity index (χ1n) is 5.13. The van der Waals surface area contributed by atoms with Crippen LogP contribution >= 0.6 is 11.8 Å². The highest BCUT2D eigenvalue weighted by Gasteiger charge is 2.00. The molecule has 0 spiro atoms. The van der Waals surface area contributed by atoms with Crippen LogP contribution in [0.25, 0.3) is 0 Å². The number of benzene rings is 1. The molecule has 2 N–H and O–H groups in total. The summed E-state index contributed by atoms with van der Waals surface area (Å²) in [5.74, 6) is 0.927. The van der Waals surface area contributed by atoms with Crippen LogP contribution in [0.3, 0.4) is 0 Å². The topological polar surface area (TPSA) is 38.9 Å². The number of aromatic nitrogens is 1. The van der Waals surface area contributed by atoms with Crippen LogP contribution in [0.5, 0.6) is 0 Å². The first-order valence-corrected chi connectivity index (χ1v) is 6.12. The van der Waals surface area contributed by atoms with Crippen LogP contribution in [-0.2, 0) is 5.75 Å². The maximum atomic E-state index is 5.92. The van der Waals surface area contributed by atoms with Crippen LogP contribution in [0.4, 0.5) is 5.69 Å². The Kier molecular flexibility index (Phi) is 3.47. The van der Waals surface area contributed by atoms with E-state index in [2.05, 4.69) is 18.0 Å². The predicted octanol–water partition coefficient (Wildman–Crippen LogP) is 3.26. The maximum absolute atomic E-state index is 5.92. The van der Waals surface area contributed by atoms with E-state index in [1.54, 1.807) is 11.8 Å². The smallest absolute Gasteiger partial charge is 0.0452 e. The lowest BCUT2D eigenvalue weighted by molar-refractivity contribution is 1.27. The number of nitrogens with zero attached hydrogens (tertiary/aromatic N) is 1. The Labute approximate surface area is 99.9 Å². The number of nitrogens with two attached hydrogens (primary N) is 1. The van der Waals surface area contributed by atoms with Crippen LogP contribution in [0.2, 0.25) is 0 Å². The Balaban J connectivity index is 2.08. The van der Waals surface area contributed by atoms with Crippen molar-refractivity contribution in [2.24, 2.45) is 0 Å². The SMILES string of the molecule is Cc1ccc(N)c(SCc2ccncc2)c1. The van der Waals surface area contributed by atoms with Crippen LogP contribution in [0, 0.1) is 6.92 Å². The zero-order chi connectivity index (χ0) is 11.4. The van der Waals surface area contributed by atoms with Crippen LogP contribution < -0.4 is 5.73 Å². The van der Waals surface area contributed by atoms with E-state index in [0.717, 1.165) is 16.3 Å². The molecule has 0 saturated carbocycles. The fraction of sp³-hybridized carbons (Fsp3) is 0.154. The molecule has 2 rings (SSSR count). The van der Waals surface area contributed by atoms with E-state index >= 15 is 0 Å². The van der Waals surface area contributed by atoms with Crippen molar-refractivity contribution in [2.45, 2.75) is 17.6 Å². The van der Waals surface area contributed by atoms with Gasteiger partial charge in [-0.15, -0.1) is 11.8 Å². The molecule has 1 aromatic heterocycles. The minimum atomic E-state index is 0.852. The Morgan fingerprint density at radius 1 is 1.19 bits per heavy atom. The molecule has 0 atom stereocenters. The van der Waals surface area contributed by atoms with Crippen molar-refractivity contribution in [3.8, 4) is 0 Å². The first-order chi connectivity index (χ1) is 7.75. The fourth-order valence-corrected chi connectivity index (χ4v) is 2.43. The molecule has 0 fully saturated rings. The van der Waals surface area contributed by atoms with Gasteiger partial charge in [0.1, 0.15) is 0 Å². The maximum Gasteiger partial charge on any atom is 0.0452 e. The molecule has 1 heterocycles. The third-order valence-electron chi connectivity index (χ3n) is 2.31. The Morgan fingerprint density at radius 2 is 1.94 bits per heavy atom. The Hall–Kier alpha value is -1.48. The van der Waals surface area contributed by atoms with Gasteiger partial charge in [-0.2, -0.15) is 0 Å². The number of hydrogen-bond acceptors (Lipinski definition) is 3. The van der Waals surface area contributed by atoms with Gasteiger partial charge in [-0.25, -0.2) is 0 Å².